The van der Waals surface area contributed by atoms with Crippen LogP contribution in [0.5, 0.6) is 0 Å². The zero-order chi connectivity index (χ0) is 12.2. The Hall–Kier alpha value is -0.770. The highest BCUT2D eigenvalue weighted by molar-refractivity contribution is 5.80. The highest BCUT2D eigenvalue weighted by atomic mass is 16.4. The maximum atomic E-state index is 8.62. The summed E-state index contributed by atoms with van der Waals surface area (Å²) >= 11 is 0. The summed E-state index contributed by atoms with van der Waals surface area (Å²) in [7, 11) is 0. The first-order valence-corrected chi connectivity index (χ1v) is 6.27. The summed E-state index contributed by atoms with van der Waals surface area (Å²) in [4.78, 5) is 2.50. The SMILES string of the molecule is CCC(C)N(CC)CC1(CC(N)=NO)CC1. The predicted molar refractivity (Wildman–Crippen MR) is 66.7 cm³/mol. The van der Waals surface area contributed by atoms with Crippen LogP contribution in [0.1, 0.15) is 46.5 Å². The van der Waals surface area contributed by atoms with Crippen LogP contribution in [-0.4, -0.2) is 35.1 Å². The zero-order valence-electron chi connectivity index (χ0n) is 10.7. The molecule has 0 bridgehead atoms. The summed E-state index contributed by atoms with van der Waals surface area (Å²) < 4.78 is 0. The molecule has 4 heteroatoms. The molecule has 1 fully saturated rings. The van der Waals surface area contributed by atoms with Crippen molar-refractivity contribution in [3.05, 3.63) is 0 Å². The quantitative estimate of drug-likeness (QED) is 0.303. The van der Waals surface area contributed by atoms with E-state index >= 15 is 0 Å². The average molecular weight is 227 g/mol. The van der Waals surface area contributed by atoms with Crippen molar-refractivity contribution in [2.75, 3.05) is 13.1 Å². The minimum absolute atomic E-state index is 0.287. The van der Waals surface area contributed by atoms with E-state index in [-0.39, 0.29) is 5.41 Å². The molecule has 1 aliphatic carbocycles. The first-order valence-electron chi connectivity index (χ1n) is 6.27. The Balaban J connectivity index is 2.51. The van der Waals surface area contributed by atoms with Gasteiger partial charge >= 0.3 is 0 Å². The first kappa shape index (κ1) is 13.3. The Kier molecular flexibility index (Phi) is 4.59. The van der Waals surface area contributed by atoms with Crippen LogP contribution in [0.15, 0.2) is 5.16 Å². The fraction of sp³-hybridized carbons (Fsp3) is 0.917. The molecule has 0 amide bonds. The molecule has 0 aromatic rings. The van der Waals surface area contributed by atoms with Crippen LogP contribution in [-0.2, 0) is 0 Å². The highest BCUT2D eigenvalue weighted by Crippen LogP contribution is 2.49. The molecule has 94 valence electrons. The van der Waals surface area contributed by atoms with Gasteiger partial charge in [-0.05, 0) is 38.1 Å². The van der Waals surface area contributed by atoms with Crippen LogP contribution >= 0.6 is 0 Å². The van der Waals surface area contributed by atoms with Crippen molar-refractivity contribution in [2.24, 2.45) is 16.3 Å². The van der Waals surface area contributed by atoms with E-state index in [1.807, 2.05) is 0 Å². The molecule has 0 aromatic carbocycles. The predicted octanol–water partition coefficient (Wildman–Crippen LogP) is 2.02. The standard InChI is InChI=1S/C12H25N3O/c1-4-10(3)15(5-2)9-12(6-7-12)8-11(13)14-16/h10,16H,4-9H2,1-3H3,(H2,13,14). The topological polar surface area (TPSA) is 61.8 Å². The van der Waals surface area contributed by atoms with Crippen molar-refractivity contribution in [2.45, 2.75) is 52.5 Å². The van der Waals surface area contributed by atoms with Crippen LogP contribution in [0.4, 0.5) is 0 Å². The van der Waals surface area contributed by atoms with Gasteiger partial charge in [-0.25, -0.2) is 0 Å². The van der Waals surface area contributed by atoms with Crippen molar-refractivity contribution >= 4 is 5.84 Å². The monoisotopic (exact) mass is 227 g/mol. The van der Waals surface area contributed by atoms with Crippen molar-refractivity contribution in [1.29, 1.82) is 0 Å². The lowest BCUT2D eigenvalue weighted by atomic mass is 10.00. The van der Waals surface area contributed by atoms with Gasteiger partial charge < -0.3 is 15.8 Å². The second kappa shape index (κ2) is 5.53. The van der Waals surface area contributed by atoms with E-state index in [1.165, 1.54) is 19.3 Å². The van der Waals surface area contributed by atoms with Gasteiger partial charge in [-0.2, -0.15) is 0 Å². The minimum atomic E-state index is 0.287. The van der Waals surface area contributed by atoms with E-state index < -0.39 is 0 Å². The van der Waals surface area contributed by atoms with E-state index in [0.29, 0.717) is 11.9 Å². The number of rotatable bonds is 7. The van der Waals surface area contributed by atoms with Crippen molar-refractivity contribution in [3.8, 4) is 0 Å². The fourth-order valence-electron chi connectivity index (χ4n) is 2.26. The molecule has 1 rings (SSSR count). The third-order valence-electron chi connectivity index (χ3n) is 3.80. The molecule has 0 radical (unpaired) electrons. The third kappa shape index (κ3) is 3.37. The van der Waals surface area contributed by atoms with Gasteiger partial charge in [0, 0.05) is 19.0 Å². The average Bonchev–Trinajstić information content (AvgIpc) is 3.04. The normalized spacial score (nSPS) is 21.1. The third-order valence-corrected chi connectivity index (χ3v) is 3.80. The number of amidine groups is 1. The Morgan fingerprint density at radius 3 is 2.50 bits per heavy atom. The van der Waals surface area contributed by atoms with Crippen LogP contribution < -0.4 is 5.73 Å². The maximum absolute atomic E-state index is 8.62. The summed E-state index contributed by atoms with van der Waals surface area (Å²) in [6.45, 7) is 8.84. The molecule has 1 saturated carbocycles. The Morgan fingerprint density at radius 2 is 2.12 bits per heavy atom. The van der Waals surface area contributed by atoms with Gasteiger partial charge in [-0.1, -0.05) is 19.0 Å². The molecule has 0 aliphatic heterocycles. The maximum Gasteiger partial charge on any atom is 0.139 e. The summed E-state index contributed by atoms with van der Waals surface area (Å²) in [5.74, 6) is 0.373. The number of nitrogens with two attached hydrogens (primary N) is 1. The van der Waals surface area contributed by atoms with Crippen molar-refractivity contribution < 1.29 is 5.21 Å². The highest BCUT2D eigenvalue weighted by Gasteiger charge is 2.44. The number of hydrogen-bond acceptors (Lipinski definition) is 3. The van der Waals surface area contributed by atoms with Crippen LogP contribution in [0, 0.1) is 5.41 Å². The van der Waals surface area contributed by atoms with Crippen LogP contribution in [0.2, 0.25) is 0 Å². The molecule has 0 heterocycles. The van der Waals surface area contributed by atoms with Gasteiger partial charge in [0.25, 0.3) is 0 Å². The molecular formula is C12H25N3O. The molecule has 0 aromatic heterocycles. The molecular weight excluding hydrogens is 202 g/mol. The summed E-state index contributed by atoms with van der Waals surface area (Å²) in [6.07, 6.45) is 4.32. The van der Waals surface area contributed by atoms with E-state index in [1.54, 1.807) is 0 Å². The summed E-state index contributed by atoms with van der Waals surface area (Å²) in [5.41, 5.74) is 5.89. The van der Waals surface area contributed by atoms with Gasteiger partial charge in [-0.3, -0.25) is 0 Å². The molecule has 1 unspecified atom stereocenters. The summed E-state index contributed by atoms with van der Waals surface area (Å²) in [5, 5.41) is 11.7. The van der Waals surface area contributed by atoms with Crippen molar-refractivity contribution in [1.82, 2.24) is 4.90 Å². The van der Waals surface area contributed by atoms with E-state index in [9.17, 15) is 0 Å². The van der Waals surface area contributed by atoms with E-state index in [2.05, 4.69) is 30.8 Å². The van der Waals surface area contributed by atoms with Gasteiger partial charge in [0.15, 0.2) is 0 Å². The largest absolute Gasteiger partial charge is 0.409 e. The van der Waals surface area contributed by atoms with Gasteiger partial charge in [0.1, 0.15) is 5.84 Å². The lowest BCUT2D eigenvalue weighted by molar-refractivity contribution is 0.173. The van der Waals surface area contributed by atoms with E-state index in [4.69, 9.17) is 10.9 Å². The first-order chi connectivity index (χ1) is 7.56. The zero-order valence-corrected chi connectivity index (χ0v) is 10.7. The van der Waals surface area contributed by atoms with E-state index in [0.717, 1.165) is 19.5 Å². The molecule has 16 heavy (non-hydrogen) atoms. The lowest BCUT2D eigenvalue weighted by Crippen LogP contribution is -2.38. The molecule has 4 nitrogen and oxygen atoms in total. The molecule has 1 atom stereocenters. The molecule has 3 N–H and O–H groups in total. The second-order valence-corrected chi connectivity index (χ2v) is 5.09. The number of nitrogens with zero attached hydrogens (tertiary/aromatic N) is 2. The fourth-order valence-corrected chi connectivity index (χ4v) is 2.26. The van der Waals surface area contributed by atoms with Gasteiger partial charge in [-0.15, -0.1) is 0 Å². The molecule has 0 spiro atoms. The second-order valence-electron chi connectivity index (χ2n) is 5.09. The van der Waals surface area contributed by atoms with Gasteiger partial charge in [0.05, 0.1) is 0 Å². The smallest absolute Gasteiger partial charge is 0.139 e. The number of hydrogen-bond donors (Lipinski definition) is 2. The van der Waals surface area contributed by atoms with Crippen LogP contribution in [0.25, 0.3) is 0 Å². The van der Waals surface area contributed by atoms with Gasteiger partial charge in [0.2, 0.25) is 0 Å². The number of oxime groups is 1. The minimum Gasteiger partial charge on any atom is -0.409 e. The molecule has 1 aliphatic rings. The Bertz CT molecular complexity index is 249. The Morgan fingerprint density at radius 1 is 1.50 bits per heavy atom. The van der Waals surface area contributed by atoms with Crippen molar-refractivity contribution in [3.63, 3.8) is 0 Å². The molecule has 0 saturated heterocycles. The summed E-state index contributed by atoms with van der Waals surface area (Å²) in [6, 6.07) is 0.620. The Labute approximate surface area is 98.5 Å². The van der Waals surface area contributed by atoms with Crippen LogP contribution in [0.3, 0.4) is 0 Å². The lowest BCUT2D eigenvalue weighted by Gasteiger charge is -2.31.